The Labute approximate surface area is 119 Å². The molecule has 0 spiro atoms. The average Bonchev–Trinajstić information content (AvgIpc) is 2.44. The highest BCUT2D eigenvalue weighted by Crippen LogP contribution is 2.33. The van der Waals surface area contributed by atoms with Crippen LogP contribution in [0.1, 0.15) is 13.3 Å². The fourth-order valence-corrected chi connectivity index (χ4v) is 1.77. The molecule has 2 N–H and O–H groups in total. The van der Waals surface area contributed by atoms with Crippen LogP contribution in [-0.4, -0.2) is 29.4 Å². The van der Waals surface area contributed by atoms with Gasteiger partial charge in [0.05, 0.1) is 25.0 Å². The first-order valence-corrected chi connectivity index (χ1v) is 6.30. The number of hydrogen-bond donors (Lipinski definition) is 2. The highest BCUT2D eigenvalue weighted by molar-refractivity contribution is 5.86. The number of carboxylic acid groups (broad SMARTS) is 1. The zero-order chi connectivity index (χ0) is 15.4. The summed E-state index contributed by atoms with van der Waals surface area (Å²) in [5.74, 6) is -1.20. The Morgan fingerprint density at radius 1 is 1.33 bits per heavy atom. The maximum atomic E-state index is 11.6. The van der Waals surface area contributed by atoms with Gasteiger partial charge >= 0.3 is 11.6 Å². The Bertz CT molecular complexity index is 717. The summed E-state index contributed by atoms with van der Waals surface area (Å²) in [5, 5.41) is 18.9. The summed E-state index contributed by atoms with van der Waals surface area (Å²) >= 11 is 0. The van der Waals surface area contributed by atoms with E-state index in [1.165, 1.54) is 18.2 Å². The van der Waals surface area contributed by atoms with Gasteiger partial charge in [-0.2, -0.15) is 0 Å². The molecule has 0 fully saturated rings. The first-order chi connectivity index (χ1) is 10.0. The molecule has 21 heavy (non-hydrogen) atoms. The molecule has 0 bridgehead atoms. The van der Waals surface area contributed by atoms with Crippen molar-refractivity contribution >= 4 is 16.9 Å². The topological polar surface area (TPSA) is 106 Å². The number of hydrogen-bond acceptors (Lipinski definition) is 6. The van der Waals surface area contributed by atoms with E-state index in [1.54, 1.807) is 6.92 Å². The zero-order valence-electron chi connectivity index (χ0n) is 11.3. The summed E-state index contributed by atoms with van der Waals surface area (Å²) in [7, 11) is 0. The summed E-state index contributed by atoms with van der Waals surface area (Å²) in [4.78, 5) is 22.1. The third kappa shape index (κ3) is 3.25. The van der Waals surface area contributed by atoms with E-state index in [1.807, 2.05) is 0 Å². The molecule has 0 aliphatic rings. The highest BCUT2D eigenvalue weighted by Gasteiger charge is 2.15. The number of ether oxygens (including phenoxy) is 2. The molecular weight excluding hydrogens is 280 g/mol. The molecule has 1 aromatic carbocycles. The van der Waals surface area contributed by atoms with Crippen molar-refractivity contribution < 1.29 is 28.9 Å². The molecule has 2 aromatic rings. The lowest BCUT2D eigenvalue weighted by Crippen LogP contribution is -2.07. The normalized spacial score (nSPS) is 10.5. The SMILES string of the molecule is CCOc1c(O)c2cc(OCCC(=O)O)ccc2oc1=O. The van der Waals surface area contributed by atoms with Crippen LogP contribution >= 0.6 is 0 Å². The Balaban J connectivity index is 2.37. The first-order valence-electron chi connectivity index (χ1n) is 6.30. The zero-order valence-corrected chi connectivity index (χ0v) is 11.3. The van der Waals surface area contributed by atoms with Gasteiger partial charge in [0.25, 0.3) is 0 Å². The molecule has 0 radical (unpaired) electrons. The van der Waals surface area contributed by atoms with Gasteiger partial charge in [0.15, 0.2) is 5.75 Å². The molecule has 0 saturated heterocycles. The van der Waals surface area contributed by atoms with Gasteiger partial charge in [-0.25, -0.2) is 4.79 Å². The van der Waals surface area contributed by atoms with E-state index < -0.39 is 11.6 Å². The minimum absolute atomic E-state index is 0.00327. The van der Waals surface area contributed by atoms with Gasteiger partial charge < -0.3 is 24.1 Å². The van der Waals surface area contributed by atoms with Gasteiger partial charge in [-0.1, -0.05) is 0 Å². The number of benzene rings is 1. The molecule has 1 aromatic heterocycles. The van der Waals surface area contributed by atoms with Crippen LogP contribution in [0, 0.1) is 0 Å². The van der Waals surface area contributed by atoms with Crippen LogP contribution < -0.4 is 15.1 Å². The van der Waals surface area contributed by atoms with E-state index in [4.69, 9.17) is 19.0 Å². The van der Waals surface area contributed by atoms with E-state index in [-0.39, 0.29) is 42.1 Å². The molecule has 2 rings (SSSR count). The minimum atomic E-state index is -0.969. The molecule has 0 aliphatic carbocycles. The standard InChI is InChI=1S/C14H14O7/c1-2-19-13-12(17)9-7-8(20-6-5-11(15)16)3-4-10(9)21-14(13)18/h3-4,7,17H,2,5-6H2,1H3,(H,15,16). The molecule has 0 saturated carbocycles. The molecule has 7 heteroatoms. The van der Waals surface area contributed by atoms with Gasteiger partial charge in [-0.15, -0.1) is 0 Å². The van der Waals surface area contributed by atoms with Crippen LogP contribution in [0.15, 0.2) is 27.4 Å². The Hall–Kier alpha value is -2.70. The maximum Gasteiger partial charge on any atom is 0.383 e. The molecule has 0 unspecified atom stereocenters. The summed E-state index contributed by atoms with van der Waals surface area (Å²) < 4.78 is 15.3. The van der Waals surface area contributed by atoms with Gasteiger partial charge in [-0.3, -0.25) is 4.79 Å². The van der Waals surface area contributed by atoms with E-state index in [2.05, 4.69) is 0 Å². The average molecular weight is 294 g/mol. The number of carboxylic acids is 1. The van der Waals surface area contributed by atoms with Gasteiger partial charge in [0, 0.05) is 0 Å². The molecule has 0 aliphatic heterocycles. The molecular formula is C14H14O7. The van der Waals surface area contributed by atoms with Crippen LogP contribution in [0.3, 0.4) is 0 Å². The summed E-state index contributed by atoms with van der Waals surface area (Å²) in [6, 6.07) is 4.44. The minimum Gasteiger partial charge on any atom is -0.504 e. The second-order valence-corrected chi connectivity index (χ2v) is 4.15. The third-order valence-electron chi connectivity index (χ3n) is 2.68. The van der Waals surface area contributed by atoms with Crippen LogP contribution in [0.4, 0.5) is 0 Å². The predicted octanol–water partition coefficient (Wildman–Crippen LogP) is 1.75. The van der Waals surface area contributed by atoms with Gasteiger partial charge in [0.1, 0.15) is 11.3 Å². The number of rotatable bonds is 6. The molecule has 0 atom stereocenters. The quantitative estimate of drug-likeness (QED) is 0.781. The van der Waals surface area contributed by atoms with E-state index in [9.17, 15) is 14.7 Å². The highest BCUT2D eigenvalue weighted by atomic mass is 16.5. The molecule has 7 nitrogen and oxygen atoms in total. The van der Waals surface area contributed by atoms with E-state index >= 15 is 0 Å². The number of aromatic hydroxyl groups is 1. The van der Waals surface area contributed by atoms with Gasteiger partial charge in [0.2, 0.25) is 5.75 Å². The lowest BCUT2D eigenvalue weighted by Gasteiger charge is -2.09. The molecule has 0 amide bonds. The van der Waals surface area contributed by atoms with Crippen molar-refractivity contribution in [1.29, 1.82) is 0 Å². The van der Waals surface area contributed by atoms with Crippen molar-refractivity contribution in [3.63, 3.8) is 0 Å². The van der Waals surface area contributed by atoms with Crippen molar-refractivity contribution in [2.24, 2.45) is 0 Å². The van der Waals surface area contributed by atoms with Crippen molar-refractivity contribution in [2.45, 2.75) is 13.3 Å². The number of aliphatic carboxylic acids is 1. The van der Waals surface area contributed by atoms with E-state index in [0.717, 1.165) is 0 Å². The molecule has 1 heterocycles. The third-order valence-corrected chi connectivity index (χ3v) is 2.68. The summed E-state index contributed by atoms with van der Waals surface area (Å²) in [6.07, 6.45) is -0.141. The Kier molecular flexibility index (Phi) is 4.32. The smallest absolute Gasteiger partial charge is 0.383 e. The Morgan fingerprint density at radius 3 is 2.76 bits per heavy atom. The fourth-order valence-electron chi connectivity index (χ4n) is 1.77. The second kappa shape index (κ2) is 6.17. The van der Waals surface area contributed by atoms with Crippen LogP contribution in [0.2, 0.25) is 0 Å². The first kappa shape index (κ1) is 14.7. The lowest BCUT2D eigenvalue weighted by molar-refractivity contribution is -0.137. The van der Waals surface area contributed by atoms with E-state index in [0.29, 0.717) is 5.75 Å². The molecule has 112 valence electrons. The number of carbonyl (C=O) groups is 1. The van der Waals surface area contributed by atoms with Crippen LogP contribution in [0.5, 0.6) is 17.2 Å². The summed E-state index contributed by atoms with van der Waals surface area (Å²) in [5.41, 5.74) is -0.576. The second-order valence-electron chi connectivity index (χ2n) is 4.15. The van der Waals surface area contributed by atoms with Crippen LogP contribution in [0.25, 0.3) is 11.0 Å². The summed E-state index contributed by atoms with van der Waals surface area (Å²) in [6.45, 7) is 1.88. The lowest BCUT2D eigenvalue weighted by atomic mass is 10.2. The largest absolute Gasteiger partial charge is 0.504 e. The van der Waals surface area contributed by atoms with Crippen molar-refractivity contribution in [2.75, 3.05) is 13.2 Å². The van der Waals surface area contributed by atoms with Crippen LogP contribution in [-0.2, 0) is 4.79 Å². The fraction of sp³-hybridized carbons (Fsp3) is 0.286. The maximum absolute atomic E-state index is 11.6. The predicted molar refractivity (Wildman–Crippen MR) is 73.1 cm³/mol. The van der Waals surface area contributed by atoms with Crippen molar-refractivity contribution in [1.82, 2.24) is 0 Å². The van der Waals surface area contributed by atoms with Gasteiger partial charge in [-0.05, 0) is 25.1 Å². The Morgan fingerprint density at radius 2 is 2.10 bits per heavy atom. The van der Waals surface area contributed by atoms with Crippen molar-refractivity contribution in [3.05, 3.63) is 28.6 Å². The monoisotopic (exact) mass is 294 g/mol. The number of fused-ring (bicyclic) bond motifs is 1. The van der Waals surface area contributed by atoms with Crippen molar-refractivity contribution in [3.8, 4) is 17.2 Å².